The first kappa shape index (κ1) is 11.5. The van der Waals surface area contributed by atoms with E-state index < -0.39 is 11.5 Å². The lowest BCUT2D eigenvalue weighted by Gasteiger charge is -2.27. The van der Waals surface area contributed by atoms with Crippen LogP contribution in [0.4, 0.5) is 0 Å². The summed E-state index contributed by atoms with van der Waals surface area (Å²) in [5, 5.41) is 0. The van der Waals surface area contributed by atoms with Crippen LogP contribution in [0.2, 0.25) is 0 Å². The predicted molar refractivity (Wildman–Crippen MR) is 52.8 cm³/mol. The molecule has 2 N–H and O–H groups in total. The van der Waals surface area contributed by atoms with Crippen molar-refractivity contribution in [2.75, 3.05) is 19.8 Å². The smallest absolute Gasteiger partial charge is 0.249 e. The van der Waals surface area contributed by atoms with Gasteiger partial charge in [0.2, 0.25) is 5.91 Å². The predicted octanol–water partition coefficient (Wildman–Crippen LogP) is 0.694. The molecule has 4 nitrogen and oxygen atoms in total. The molecule has 0 saturated carbocycles. The number of primary amides is 1. The van der Waals surface area contributed by atoms with E-state index in [1.807, 2.05) is 0 Å². The molecule has 0 spiro atoms. The van der Waals surface area contributed by atoms with Gasteiger partial charge in [-0.15, -0.1) is 0 Å². The average Bonchev–Trinajstić information content (AvgIpc) is 2.16. The lowest BCUT2D eigenvalue weighted by molar-refractivity contribution is -0.142. The maximum atomic E-state index is 11.0. The molecule has 1 aliphatic rings. The van der Waals surface area contributed by atoms with E-state index in [-0.39, 0.29) is 0 Å². The second-order valence-electron chi connectivity index (χ2n) is 4.24. The quantitative estimate of drug-likeness (QED) is 0.728. The Bertz CT molecular complexity index is 198. The van der Waals surface area contributed by atoms with Gasteiger partial charge in [0.25, 0.3) is 0 Å². The van der Waals surface area contributed by atoms with E-state index in [1.54, 1.807) is 13.8 Å². The molecule has 0 radical (unpaired) electrons. The Morgan fingerprint density at radius 1 is 1.50 bits per heavy atom. The second-order valence-corrected chi connectivity index (χ2v) is 4.24. The number of ether oxygens (including phenoxy) is 2. The minimum Gasteiger partial charge on any atom is -0.381 e. The van der Waals surface area contributed by atoms with E-state index in [0.717, 1.165) is 26.1 Å². The number of hydrogen-bond acceptors (Lipinski definition) is 3. The summed E-state index contributed by atoms with van der Waals surface area (Å²) >= 11 is 0. The van der Waals surface area contributed by atoms with Crippen LogP contribution in [-0.4, -0.2) is 31.3 Å². The molecule has 1 heterocycles. The van der Waals surface area contributed by atoms with Gasteiger partial charge in [0.15, 0.2) is 0 Å². The number of hydrogen-bond donors (Lipinski definition) is 1. The van der Waals surface area contributed by atoms with Crippen molar-refractivity contribution in [1.82, 2.24) is 0 Å². The van der Waals surface area contributed by atoms with Crippen molar-refractivity contribution in [3.05, 3.63) is 0 Å². The Balaban J connectivity index is 2.28. The van der Waals surface area contributed by atoms with Gasteiger partial charge in [-0.1, -0.05) is 0 Å². The van der Waals surface area contributed by atoms with Crippen molar-refractivity contribution in [3.8, 4) is 0 Å². The van der Waals surface area contributed by atoms with Crippen LogP contribution in [0, 0.1) is 5.92 Å². The summed E-state index contributed by atoms with van der Waals surface area (Å²) in [5.41, 5.74) is 4.35. The molecule has 1 aliphatic heterocycles. The fourth-order valence-electron chi connectivity index (χ4n) is 1.31. The van der Waals surface area contributed by atoms with Crippen molar-refractivity contribution in [3.63, 3.8) is 0 Å². The zero-order valence-electron chi connectivity index (χ0n) is 8.91. The largest absolute Gasteiger partial charge is 0.381 e. The molecular formula is C10H19NO3. The minimum absolute atomic E-state index is 0.412. The van der Waals surface area contributed by atoms with Crippen molar-refractivity contribution < 1.29 is 14.3 Å². The third-order valence-corrected chi connectivity index (χ3v) is 2.61. The van der Waals surface area contributed by atoms with Gasteiger partial charge in [0.05, 0.1) is 6.61 Å². The van der Waals surface area contributed by atoms with Gasteiger partial charge in [-0.2, -0.15) is 0 Å². The maximum Gasteiger partial charge on any atom is 0.249 e. The molecule has 14 heavy (non-hydrogen) atoms. The molecule has 1 rings (SSSR count). The van der Waals surface area contributed by atoms with E-state index in [9.17, 15) is 4.79 Å². The third kappa shape index (κ3) is 3.27. The molecule has 0 unspecified atom stereocenters. The zero-order chi connectivity index (χ0) is 10.6. The average molecular weight is 201 g/mol. The van der Waals surface area contributed by atoms with Gasteiger partial charge < -0.3 is 15.2 Å². The van der Waals surface area contributed by atoms with Gasteiger partial charge in [-0.3, -0.25) is 4.79 Å². The molecule has 1 fully saturated rings. The van der Waals surface area contributed by atoms with Crippen molar-refractivity contribution >= 4 is 5.91 Å². The van der Waals surface area contributed by atoms with E-state index in [1.165, 1.54) is 0 Å². The van der Waals surface area contributed by atoms with Crippen LogP contribution in [0.1, 0.15) is 26.7 Å². The van der Waals surface area contributed by atoms with Crippen LogP contribution < -0.4 is 5.73 Å². The first-order valence-electron chi connectivity index (χ1n) is 5.04. The summed E-state index contributed by atoms with van der Waals surface area (Å²) < 4.78 is 10.7. The number of amides is 1. The first-order valence-corrected chi connectivity index (χ1v) is 5.04. The molecule has 0 aliphatic carbocycles. The Morgan fingerprint density at radius 3 is 2.57 bits per heavy atom. The Morgan fingerprint density at radius 2 is 2.07 bits per heavy atom. The molecule has 82 valence electrons. The second kappa shape index (κ2) is 4.75. The number of carbonyl (C=O) groups excluding carboxylic acids is 1. The van der Waals surface area contributed by atoms with Crippen LogP contribution in [0.5, 0.6) is 0 Å². The molecular weight excluding hydrogens is 182 g/mol. The minimum atomic E-state index is -0.849. The van der Waals surface area contributed by atoms with E-state index >= 15 is 0 Å². The highest BCUT2D eigenvalue weighted by Crippen LogP contribution is 2.18. The summed E-state index contributed by atoms with van der Waals surface area (Å²) in [5.74, 6) is 0.0898. The molecule has 0 aromatic carbocycles. The molecule has 0 aromatic rings. The van der Waals surface area contributed by atoms with Crippen LogP contribution in [0.15, 0.2) is 0 Å². The lowest BCUT2D eigenvalue weighted by atomic mass is 10.0. The third-order valence-electron chi connectivity index (χ3n) is 2.61. The highest BCUT2D eigenvalue weighted by atomic mass is 16.5. The van der Waals surface area contributed by atoms with Crippen LogP contribution in [0.25, 0.3) is 0 Å². The number of rotatable bonds is 4. The van der Waals surface area contributed by atoms with Gasteiger partial charge in [-0.05, 0) is 32.6 Å². The Hall–Kier alpha value is -0.610. The zero-order valence-corrected chi connectivity index (χ0v) is 8.91. The van der Waals surface area contributed by atoms with E-state index in [0.29, 0.717) is 12.5 Å². The van der Waals surface area contributed by atoms with Crippen molar-refractivity contribution in [2.24, 2.45) is 11.7 Å². The monoisotopic (exact) mass is 201 g/mol. The van der Waals surface area contributed by atoms with Gasteiger partial charge in [-0.25, -0.2) is 0 Å². The molecule has 1 amide bonds. The molecule has 0 bridgehead atoms. The maximum absolute atomic E-state index is 11.0. The van der Waals surface area contributed by atoms with Gasteiger partial charge in [0, 0.05) is 13.2 Å². The van der Waals surface area contributed by atoms with Crippen LogP contribution >= 0.6 is 0 Å². The van der Waals surface area contributed by atoms with Crippen molar-refractivity contribution in [2.45, 2.75) is 32.3 Å². The summed E-state index contributed by atoms with van der Waals surface area (Å²) in [6, 6.07) is 0. The molecule has 4 heteroatoms. The summed E-state index contributed by atoms with van der Waals surface area (Å²) in [6.07, 6.45) is 2.02. The van der Waals surface area contributed by atoms with Crippen LogP contribution in [-0.2, 0) is 14.3 Å². The standard InChI is InChI=1S/C10H19NO3/c1-10(2,9(11)12)14-7-8-3-5-13-6-4-8/h8H,3-7H2,1-2H3,(H2,11,12). The SMILES string of the molecule is CC(C)(OCC1CCOCC1)C(N)=O. The fraction of sp³-hybridized carbons (Fsp3) is 0.900. The summed E-state index contributed by atoms with van der Waals surface area (Å²) in [4.78, 5) is 11.0. The van der Waals surface area contributed by atoms with Crippen LogP contribution in [0.3, 0.4) is 0 Å². The van der Waals surface area contributed by atoms with Gasteiger partial charge >= 0.3 is 0 Å². The first-order chi connectivity index (χ1) is 6.52. The van der Waals surface area contributed by atoms with Crippen molar-refractivity contribution in [1.29, 1.82) is 0 Å². The fourth-order valence-corrected chi connectivity index (χ4v) is 1.31. The number of carbonyl (C=O) groups is 1. The number of nitrogens with two attached hydrogens (primary N) is 1. The van der Waals surface area contributed by atoms with Gasteiger partial charge in [0.1, 0.15) is 5.60 Å². The summed E-state index contributed by atoms with van der Waals surface area (Å²) in [6.45, 7) is 5.60. The molecule has 1 saturated heterocycles. The molecule has 0 aromatic heterocycles. The highest BCUT2D eigenvalue weighted by molar-refractivity contribution is 5.82. The highest BCUT2D eigenvalue weighted by Gasteiger charge is 2.27. The molecule has 0 atom stereocenters. The lowest BCUT2D eigenvalue weighted by Crippen LogP contribution is -2.42. The van der Waals surface area contributed by atoms with E-state index in [2.05, 4.69) is 0 Å². The van der Waals surface area contributed by atoms with E-state index in [4.69, 9.17) is 15.2 Å². The topological polar surface area (TPSA) is 61.6 Å². The normalized spacial score (nSPS) is 19.6. The summed E-state index contributed by atoms with van der Waals surface area (Å²) in [7, 11) is 0. The Labute approximate surface area is 84.7 Å². The Kier molecular flexibility index (Phi) is 3.89.